The number of hydrogen-bond donors (Lipinski definition) is 3. The van der Waals surface area contributed by atoms with E-state index in [4.69, 9.17) is 14.6 Å². The predicted molar refractivity (Wildman–Crippen MR) is 110 cm³/mol. The maximum atomic E-state index is 12.5. The van der Waals surface area contributed by atoms with Crippen molar-refractivity contribution in [3.8, 4) is 23.3 Å². The van der Waals surface area contributed by atoms with Crippen LogP contribution in [0.25, 0.3) is 10.8 Å². The van der Waals surface area contributed by atoms with E-state index < -0.39 is 18.0 Å². The van der Waals surface area contributed by atoms with Crippen LogP contribution in [0.3, 0.4) is 0 Å². The second-order valence-electron chi connectivity index (χ2n) is 6.50. The van der Waals surface area contributed by atoms with Gasteiger partial charge in [0, 0.05) is 30.8 Å². The van der Waals surface area contributed by atoms with Crippen LogP contribution in [0.4, 0.5) is 0 Å². The average molecular weight is 421 g/mol. The number of nitrogens with one attached hydrogen (secondary N) is 1. The van der Waals surface area contributed by atoms with Crippen LogP contribution in [0.5, 0.6) is 17.2 Å². The number of nitriles is 1. The molecule has 1 heterocycles. The highest BCUT2D eigenvalue weighted by atomic mass is 16.5. The Labute approximate surface area is 177 Å². The molecule has 0 aliphatic heterocycles. The molecule has 9 heteroatoms. The molecule has 0 spiro atoms. The van der Waals surface area contributed by atoms with Crippen molar-refractivity contribution in [1.29, 1.82) is 5.26 Å². The molecule has 0 saturated carbocycles. The minimum Gasteiger partial charge on any atom is -0.505 e. The molecule has 0 aliphatic carbocycles. The van der Waals surface area contributed by atoms with E-state index in [0.717, 1.165) is 0 Å². The lowest BCUT2D eigenvalue weighted by Crippen LogP contribution is -2.31. The molecule has 3 aromatic rings. The zero-order chi connectivity index (χ0) is 22.4. The summed E-state index contributed by atoms with van der Waals surface area (Å²) in [6.07, 6.45) is -1.05. The van der Waals surface area contributed by atoms with E-state index in [1.807, 2.05) is 24.3 Å². The number of aliphatic carboxylic acids is 1. The molecule has 0 radical (unpaired) electrons. The lowest BCUT2D eigenvalue weighted by molar-refractivity contribution is -0.148. The van der Waals surface area contributed by atoms with Gasteiger partial charge in [0.1, 0.15) is 23.3 Å². The zero-order valence-corrected chi connectivity index (χ0v) is 16.5. The van der Waals surface area contributed by atoms with Gasteiger partial charge in [-0.15, -0.1) is 0 Å². The molecule has 158 valence electrons. The maximum absolute atomic E-state index is 12.5. The normalized spacial score (nSPS) is 11.5. The van der Waals surface area contributed by atoms with Gasteiger partial charge in [0.05, 0.1) is 0 Å². The van der Waals surface area contributed by atoms with Gasteiger partial charge in [0.25, 0.3) is 5.91 Å². The van der Waals surface area contributed by atoms with E-state index in [-0.39, 0.29) is 35.5 Å². The van der Waals surface area contributed by atoms with Crippen LogP contribution in [-0.2, 0) is 9.53 Å². The Morgan fingerprint density at radius 2 is 1.90 bits per heavy atom. The second-order valence-corrected chi connectivity index (χ2v) is 6.50. The largest absolute Gasteiger partial charge is 0.505 e. The molecule has 1 atom stereocenters. The van der Waals surface area contributed by atoms with Crippen molar-refractivity contribution in [3.05, 3.63) is 59.9 Å². The van der Waals surface area contributed by atoms with Crippen LogP contribution in [0, 0.1) is 11.3 Å². The van der Waals surface area contributed by atoms with Crippen molar-refractivity contribution in [3.63, 3.8) is 0 Å². The summed E-state index contributed by atoms with van der Waals surface area (Å²) in [5.74, 6) is -1.24. The lowest BCUT2D eigenvalue weighted by atomic mass is 10.1. The Hall–Kier alpha value is -4.16. The second kappa shape index (κ2) is 9.56. The summed E-state index contributed by atoms with van der Waals surface area (Å²) < 4.78 is 10.6. The lowest BCUT2D eigenvalue weighted by Gasteiger charge is -2.13. The highest BCUT2D eigenvalue weighted by molar-refractivity contribution is 6.03. The summed E-state index contributed by atoms with van der Waals surface area (Å²) in [5, 5.41) is 32.1. The molecule has 2 aromatic carbocycles. The Bertz CT molecular complexity index is 1160. The molecule has 3 rings (SSSR count). The predicted octanol–water partition coefficient (Wildman–Crippen LogP) is 2.82. The number of aromatic hydroxyl groups is 1. The van der Waals surface area contributed by atoms with E-state index in [0.29, 0.717) is 16.9 Å². The number of para-hydroxylation sites is 1. The summed E-state index contributed by atoms with van der Waals surface area (Å²) >= 11 is 0. The van der Waals surface area contributed by atoms with Gasteiger partial charge in [-0.05, 0) is 30.3 Å². The van der Waals surface area contributed by atoms with E-state index in [1.54, 1.807) is 24.3 Å². The summed E-state index contributed by atoms with van der Waals surface area (Å²) in [7, 11) is 1.26. The number of nitrogens with zero attached hydrogens (tertiary/aromatic N) is 2. The summed E-state index contributed by atoms with van der Waals surface area (Å²) in [6, 6.07) is 15.7. The van der Waals surface area contributed by atoms with Crippen LogP contribution >= 0.6 is 0 Å². The Morgan fingerprint density at radius 1 is 1.16 bits per heavy atom. The van der Waals surface area contributed by atoms with Crippen molar-refractivity contribution in [1.82, 2.24) is 10.3 Å². The Kier molecular flexibility index (Phi) is 6.64. The number of amides is 1. The molecule has 1 aromatic heterocycles. The van der Waals surface area contributed by atoms with Crippen molar-refractivity contribution >= 4 is 22.6 Å². The van der Waals surface area contributed by atoms with Gasteiger partial charge in [-0.25, -0.2) is 9.78 Å². The molecular weight excluding hydrogens is 402 g/mol. The maximum Gasteiger partial charge on any atom is 0.332 e. The molecule has 0 saturated heterocycles. The number of carbonyl (C=O) groups excluding carboxylic acids is 1. The molecule has 0 aliphatic rings. The average Bonchev–Trinajstić information content (AvgIpc) is 2.77. The van der Waals surface area contributed by atoms with Crippen molar-refractivity contribution in [2.75, 3.05) is 13.7 Å². The summed E-state index contributed by atoms with van der Waals surface area (Å²) in [5.41, 5.74) is -0.387. The fourth-order valence-electron chi connectivity index (χ4n) is 2.95. The highest BCUT2D eigenvalue weighted by Crippen LogP contribution is 2.33. The zero-order valence-electron chi connectivity index (χ0n) is 16.5. The number of pyridine rings is 1. The number of methoxy groups -OCH3 is 1. The smallest absolute Gasteiger partial charge is 0.332 e. The third kappa shape index (κ3) is 4.88. The minimum atomic E-state index is -1.15. The molecule has 31 heavy (non-hydrogen) atoms. The summed E-state index contributed by atoms with van der Waals surface area (Å²) in [4.78, 5) is 27.4. The minimum absolute atomic E-state index is 0.0193. The number of rotatable bonds is 8. The number of carboxylic acid groups (broad SMARTS) is 1. The number of carboxylic acids is 1. The van der Waals surface area contributed by atoms with Crippen molar-refractivity contribution in [2.45, 2.75) is 12.5 Å². The first-order valence-electron chi connectivity index (χ1n) is 9.28. The molecule has 3 N–H and O–H groups in total. The number of carbonyl (C=O) groups is 2. The molecule has 9 nitrogen and oxygen atoms in total. The number of aromatic nitrogens is 1. The summed E-state index contributed by atoms with van der Waals surface area (Å²) in [6.45, 7) is -0.0193. The van der Waals surface area contributed by atoms with Gasteiger partial charge in [-0.3, -0.25) is 4.79 Å². The highest BCUT2D eigenvalue weighted by Gasteiger charge is 2.21. The number of ether oxygens (including phenoxy) is 2. The van der Waals surface area contributed by atoms with Crippen LogP contribution in [-0.4, -0.2) is 46.8 Å². The molecule has 1 unspecified atom stereocenters. The first kappa shape index (κ1) is 21.5. The standard InChI is InChI=1S/C22H19N3O6/c1-30-18(22(28)29)9-10-24-21(27)19-20(26)15-8-7-14(11-16(15)17(12-23)25-19)31-13-5-3-2-4-6-13/h2-8,11,18,26H,9-10H2,1H3,(H,24,27)(H,28,29). The van der Waals surface area contributed by atoms with Crippen LogP contribution < -0.4 is 10.1 Å². The molecular formula is C22H19N3O6. The third-order valence-corrected chi connectivity index (χ3v) is 4.50. The number of hydrogen-bond acceptors (Lipinski definition) is 7. The third-order valence-electron chi connectivity index (χ3n) is 4.50. The fourth-order valence-corrected chi connectivity index (χ4v) is 2.95. The number of benzene rings is 2. The molecule has 0 fully saturated rings. The van der Waals surface area contributed by atoms with E-state index in [1.165, 1.54) is 13.2 Å². The van der Waals surface area contributed by atoms with Crippen LogP contribution in [0.1, 0.15) is 22.6 Å². The van der Waals surface area contributed by atoms with E-state index in [9.17, 15) is 20.0 Å². The first-order valence-corrected chi connectivity index (χ1v) is 9.28. The van der Waals surface area contributed by atoms with Gasteiger partial charge in [-0.2, -0.15) is 5.26 Å². The Balaban J connectivity index is 1.86. The van der Waals surface area contributed by atoms with Gasteiger partial charge >= 0.3 is 5.97 Å². The molecule has 1 amide bonds. The van der Waals surface area contributed by atoms with Crippen molar-refractivity contribution < 1.29 is 29.3 Å². The van der Waals surface area contributed by atoms with Crippen molar-refractivity contribution in [2.24, 2.45) is 0 Å². The van der Waals surface area contributed by atoms with Gasteiger partial charge < -0.3 is 25.0 Å². The first-order chi connectivity index (χ1) is 14.9. The van der Waals surface area contributed by atoms with E-state index >= 15 is 0 Å². The van der Waals surface area contributed by atoms with Gasteiger partial charge in [0.2, 0.25) is 0 Å². The Morgan fingerprint density at radius 3 is 2.55 bits per heavy atom. The van der Waals surface area contributed by atoms with Crippen LogP contribution in [0.15, 0.2) is 48.5 Å². The monoisotopic (exact) mass is 421 g/mol. The quantitative estimate of drug-likeness (QED) is 0.504. The SMILES string of the molecule is COC(CCNC(=O)c1nc(C#N)c2cc(Oc3ccccc3)ccc2c1O)C(=O)O. The molecule has 0 bridgehead atoms. The van der Waals surface area contributed by atoms with E-state index in [2.05, 4.69) is 10.3 Å². The van der Waals surface area contributed by atoms with Gasteiger partial charge in [-0.1, -0.05) is 18.2 Å². The topological polar surface area (TPSA) is 142 Å². The number of fused-ring (bicyclic) bond motifs is 1. The van der Waals surface area contributed by atoms with Crippen LogP contribution in [0.2, 0.25) is 0 Å². The fraction of sp³-hybridized carbons (Fsp3) is 0.182. The van der Waals surface area contributed by atoms with Gasteiger partial charge in [0.15, 0.2) is 17.5 Å².